The van der Waals surface area contributed by atoms with Crippen LogP contribution in [0.2, 0.25) is 0 Å². The molecule has 0 saturated heterocycles. The molecule has 1 aliphatic heterocycles. The van der Waals surface area contributed by atoms with Crippen molar-refractivity contribution in [1.82, 2.24) is 0 Å². The molecule has 1 heterocycles. The molecule has 0 aromatic heterocycles. The number of fused-ring (bicyclic) bond motifs is 1. The molecule has 72 valence electrons. The first-order chi connectivity index (χ1) is 6.63. The Labute approximate surface area is 82.3 Å². The van der Waals surface area contributed by atoms with Crippen LogP contribution < -0.4 is 4.90 Å². The van der Waals surface area contributed by atoms with Crippen molar-refractivity contribution in [2.75, 3.05) is 4.90 Å². The molecule has 0 radical (unpaired) electrons. The van der Waals surface area contributed by atoms with Gasteiger partial charge in [0.1, 0.15) is 0 Å². The van der Waals surface area contributed by atoms with E-state index >= 15 is 0 Å². The van der Waals surface area contributed by atoms with Gasteiger partial charge in [0.15, 0.2) is 5.78 Å². The third-order valence-corrected chi connectivity index (χ3v) is 2.54. The van der Waals surface area contributed by atoms with Crippen LogP contribution in [0.25, 0.3) is 0 Å². The minimum atomic E-state index is -0.357. The van der Waals surface area contributed by atoms with E-state index in [2.05, 4.69) is 0 Å². The Kier molecular flexibility index (Phi) is 1.88. The Morgan fingerprint density at radius 2 is 2.00 bits per heavy atom. The molecule has 0 aliphatic carbocycles. The monoisotopic (exact) mass is 189 g/mol. The summed E-state index contributed by atoms with van der Waals surface area (Å²) < 4.78 is 0. The molecule has 3 nitrogen and oxygen atoms in total. The molecule has 1 amide bonds. The zero-order chi connectivity index (χ0) is 10.3. The SMILES string of the molecule is CC(=O)N1c2ccccc2C(=O)[C@@H]1C. The number of Topliss-reactive ketones (excluding diaryl/α,β-unsaturated/α-hetero) is 1. The molecule has 0 unspecified atom stereocenters. The number of nitrogens with zero attached hydrogens (tertiary/aromatic N) is 1. The van der Waals surface area contributed by atoms with E-state index in [1.54, 1.807) is 19.1 Å². The second kappa shape index (κ2) is 2.94. The summed E-state index contributed by atoms with van der Waals surface area (Å²) in [5, 5.41) is 0. The maximum atomic E-state index is 11.7. The van der Waals surface area contributed by atoms with E-state index in [0.29, 0.717) is 5.56 Å². The van der Waals surface area contributed by atoms with Gasteiger partial charge < -0.3 is 4.90 Å². The van der Waals surface area contributed by atoms with Gasteiger partial charge in [0.25, 0.3) is 0 Å². The molecule has 0 saturated carbocycles. The van der Waals surface area contributed by atoms with Crippen LogP contribution in [0, 0.1) is 0 Å². The summed E-state index contributed by atoms with van der Waals surface area (Å²) in [6.45, 7) is 3.23. The summed E-state index contributed by atoms with van der Waals surface area (Å²) in [6.07, 6.45) is 0. The third-order valence-electron chi connectivity index (χ3n) is 2.54. The third kappa shape index (κ3) is 1.05. The minimum absolute atomic E-state index is 0.0239. The van der Waals surface area contributed by atoms with Crippen molar-refractivity contribution in [1.29, 1.82) is 0 Å². The van der Waals surface area contributed by atoms with Crippen LogP contribution in [-0.2, 0) is 4.79 Å². The van der Waals surface area contributed by atoms with Gasteiger partial charge in [-0.25, -0.2) is 0 Å². The molecule has 0 spiro atoms. The van der Waals surface area contributed by atoms with Crippen LogP contribution >= 0.6 is 0 Å². The number of carbonyl (C=O) groups excluding carboxylic acids is 2. The first kappa shape index (κ1) is 8.94. The van der Waals surface area contributed by atoms with E-state index in [-0.39, 0.29) is 17.7 Å². The Morgan fingerprint density at radius 1 is 1.36 bits per heavy atom. The standard InChI is InChI=1S/C11H11NO2/c1-7-11(14)9-5-3-4-6-10(9)12(7)8(2)13/h3-7H,1-2H3/t7-/m0/s1. The van der Waals surface area contributed by atoms with E-state index in [1.165, 1.54) is 11.8 Å². The highest BCUT2D eigenvalue weighted by molar-refractivity contribution is 6.17. The molecule has 14 heavy (non-hydrogen) atoms. The summed E-state index contributed by atoms with van der Waals surface area (Å²) in [5.74, 6) is -0.0633. The number of hydrogen-bond donors (Lipinski definition) is 0. The van der Waals surface area contributed by atoms with E-state index in [4.69, 9.17) is 0 Å². The molecule has 0 N–H and O–H groups in total. The van der Waals surface area contributed by atoms with Crippen molar-refractivity contribution in [3.05, 3.63) is 29.8 Å². The smallest absolute Gasteiger partial charge is 0.224 e. The van der Waals surface area contributed by atoms with Gasteiger partial charge in [-0.05, 0) is 19.1 Å². The number of amides is 1. The summed E-state index contributed by atoms with van der Waals surface area (Å²) >= 11 is 0. The molecule has 1 aromatic carbocycles. The fourth-order valence-electron chi connectivity index (χ4n) is 1.89. The van der Waals surface area contributed by atoms with E-state index < -0.39 is 0 Å². The van der Waals surface area contributed by atoms with Crippen molar-refractivity contribution in [2.24, 2.45) is 0 Å². The zero-order valence-corrected chi connectivity index (χ0v) is 8.15. The van der Waals surface area contributed by atoms with E-state index in [1.807, 2.05) is 12.1 Å². The summed E-state index contributed by atoms with van der Waals surface area (Å²) in [4.78, 5) is 24.6. The van der Waals surface area contributed by atoms with Gasteiger partial charge in [-0.3, -0.25) is 9.59 Å². The summed E-state index contributed by atoms with van der Waals surface area (Å²) in [7, 11) is 0. The van der Waals surface area contributed by atoms with E-state index in [9.17, 15) is 9.59 Å². The lowest BCUT2D eigenvalue weighted by molar-refractivity contribution is -0.116. The van der Waals surface area contributed by atoms with Gasteiger partial charge in [-0.15, -0.1) is 0 Å². The number of para-hydroxylation sites is 1. The molecule has 1 aromatic rings. The highest BCUT2D eigenvalue weighted by atomic mass is 16.2. The average Bonchev–Trinajstić information content (AvgIpc) is 2.41. The van der Waals surface area contributed by atoms with Crippen LogP contribution in [0.3, 0.4) is 0 Å². The predicted octanol–water partition coefficient (Wildman–Crippen LogP) is 1.62. The molecule has 0 fully saturated rings. The molecular weight excluding hydrogens is 178 g/mol. The van der Waals surface area contributed by atoms with Crippen LogP contribution in [0.4, 0.5) is 5.69 Å². The van der Waals surface area contributed by atoms with E-state index in [0.717, 1.165) is 5.69 Å². The van der Waals surface area contributed by atoms with Crippen molar-refractivity contribution in [3.8, 4) is 0 Å². The Bertz CT molecular complexity index is 412. The normalized spacial score (nSPS) is 19.7. The van der Waals surface area contributed by atoms with Gasteiger partial charge in [-0.1, -0.05) is 12.1 Å². The van der Waals surface area contributed by atoms with Gasteiger partial charge in [-0.2, -0.15) is 0 Å². The number of hydrogen-bond acceptors (Lipinski definition) is 2. The lowest BCUT2D eigenvalue weighted by Gasteiger charge is -2.18. The van der Waals surface area contributed by atoms with Crippen LogP contribution in [-0.4, -0.2) is 17.7 Å². The highest BCUT2D eigenvalue weighted by Crippen LogP contribution is 2.31. The van der Waals surface area contributed by atoms with Gasteiger partial charge in [0.05, 0.1) is 11.7 Å². The first-order valence-electron chi connectivity index (χ1n) is 4.56. The van der Waals surface area contributed by atoms with Gasteiger partial charge in [0.2, 0.25) is 5.91 Å². The van der Waals surface area contributed by atoms with Gasteiger partial charge in [0, 0.05) is 12.5 Å². The second-order valence-electron chi connectivity index (χ2n) is 3.45. The fraction of sp³-hybridized carbons (Fsp3) is 0.273. The molecular formula is C11H11NO2. The number of benzene rings is 1. The summed E-state index contributed by atoms with van der Waals surface area (Å²) in [6, 6.07) is 6.85. The minimum Gasteiger partial charge on any atom is -0.301 e. The number of ketones is 1. The first-order valence-corrected chi connectivity index (χ1v) is 4.56. The number of rotatable bonds is 0. The van der Waals surface area contributed by atoms with Crippen molar-refractivity contribution in [3.63, 3.8) is 0 Å². The Hall–Kier alpha value is -1.64. The van der Waals surface area contributed by atoms with Crippen molar-refractivity contribution in [2.45, 2.75) is 19.9 Å². The topological polar surface area (TPSA) is 37.4 Å². The fourth-order valence-corrected chi connectivity index (χ4v) is 1.89. The molecule has 3 heteroatoms. The van der Waals surface area contributed by atoms with Crippen molar-refractivity contribution >= 4 is 17.4 Å². The van der Waals surface area contributed by atoms with Crippen LogP contribution in [0.1, 0.15) is 24.2 Å². The zero-order valence-electron chi connectivity index (χ0n) is 8.15. The highest BCUT2D eigenvalue weighted by Gasteiger charge is 2.35. The van der Waals surface area contributed by atoms with Gasteiger partial charge >= 0.3 is 0 Å². The predicted molar refractivity (Wildman–Crippen MR) is 53.4 cm³/mol. The Balaban J connectivity index is 2.59. The Morgan fingerprint density at radius 3 is 2.64 bits per heavy atom. The van der Waals surface area contributed by atoms with Crippen molar-refractivity contribution < 1.29 is 9.59 Å². The maximum Gasteiger partial charge on any atom is 0.224 e. The largest absolute Gasteiger partial charge is 0.301 e. The number of carbonyl (C=O) groups is 2. The maximum absolute atomic E-state index is 11.7. The summed E-state index contributed by atoms with van der Waals surface area (Å²) in [5.41, 5.74) is 1.38. The molecule has 0 bridgehead atoms. The molecule has 1 aliphatic rings. The average molecular weight is 189 g/mol. The lowest BCUT2D eigenvalue weighted by Crippen LogP contribution is -2.36. The quantitative estimate of drug-likeness (QED) is 0.622. The van der Waals surface area contributed by atoms with Crippen LogP contribution in [0.15, 0.2) is 24.3 Å². The van der Waals surface area contributed by atoms with Crippen LogP contribution in [0.5, 0.6) is 0 Å². The molecule has 1 atom stereocenters. The number of anilines is 1. The lowest BCUT2D eigenvalue weighted by atomic mass is 10.1. The molecule has 2 rings (SSSR count). The second-order valence-corrected chi connectivity index (χ2v) is 3.45.